The molecule has 26 atom stereocenters. The highest BCUT2D eigenvalue weighted by atomic mass is 16.6. The lowest BCUT2D eigenvalue weighted by molar-refractivity contribution is -0.174. The molecule has 140 heavy (non-hydrogen) atoms. The number of ether oxygens (including phenoxy) is 5. The van der Waals surface area contributed by atoms with E-state index in [1.54, 1.807) is 5.57 Å². The average Bonchev–Trinajstić information content (AvgIpc) is 1.12. The molecule has 19 rings (SSSR count). The maximum atomic E-state index is 13.7. The summed E-state index contributed by atoms with van der Waals surface area (Å²) in [5.74, 6) is 18.6. The van der Waals surface area contributed by atoms with Gasteiger partial charge in [0.2, 0.25) is 0 Å². The Bertz CT molecular complexity index is 5240. The second-order valence-electron chi connectivity index (χ2n) is 52.0. The standard InChI is InChI=1S/C53H68O2.C43H60O4.C36H54O2/c1-36(2)9-8-10-39(5)48-29-30-49-47-28-19-42-35-53(34-33-51(42,6)50(47)31-32-52(48,49)7,40-15-24-45(25-16-40)54-43-20-11-37(3)12-21-43)41-17-26-46(27-18-41)55-44-22-13-38(4)14-23-44;1-27(2)9-8-10-30(5)35-19-20-36-34-26-39(47-41(45)32-17-13-29(4)14-18-32)38-25-33(46-40(44)31-15-11-28(3)12-16-31)21-23-43(38,7)37(34)22-24-42(35,36)6;1-23(2)9-8-10-26(5)31-13-14-32-30-12-11-28-22-29(38-34(37)27-20-24(3)19-25(4)21-27)15-17-35(28,6)33(30)16-18-36(31,32)7/h11-18,20-27,36,39,42,47-50H,8-10,19,28-35H2,1-7H3;11-18,27,30,33-39H,8-10,19-26H2,1-7H3;11,19-21,23,26,29-33H,8-10,12-18,22H2,1-7H3. The fourth-order valence-electron chi connectivity index (χ4n) is 34.5. The molecule has 0 aromatic heterocycles. The predicted molar refractivity (Wildman–Crippen MR) is 577 cm³/mol. The van der Waals surface area contributed by atoms with Gasteiger partial charge in [0.1, 0.15) is 41.3 Å². The summed E-state index contributed by atoms with van der Waals surface area (Å²) in [7, 11) is 0. The van der Waals surface area contributed by atoms with Crippen LogP contribution in [0.5, 0.6) is 23.0 Å². The highest BCUT2D eigenvalue weighted by Crippen LogP contribution is 2.74. The van der Waals surface area contributed by atoms with Gasteiger partial charge in [0.15, 0.2) is 0 Å². The molecule has 0 amide bonds. The van der Waals surface area contributed by atoms with E-state index in [4.69, 9.17) is 23.7 Å². The Kier molecular flexibility index (Phi) is 32.0. The molecule has 0 bridgehead atoms. The summed E-state index contributed by atoms with van der Waals surface area (Å²) in [5.41, 5.74) is 15.6. The van der Waals surface area contributed by atoms with E-state index in [1.807, 2.05) is 88.4 Å². The van der Waals surface area contributed by atoms with Gasteiger partial charge in [-0.1, -0.05) is 286 Å². The SMILES string of the molecule is Cc1cc(C)cc(C(=O)OC2CCC3(C)C(=CCC4C3CCC3(C)C(C(C)CCCC(C)C)CCC43)C2)c1.Cc1ccc(C(=O)OC2CCC3(C)C(C2)C(OC(=O)c2ccc(C)cc2)CC2C4CCC(C(C)CCCC(C)C)C4(C)CCC23)cc1.Cc1ccc(Oc2ccc(C3(c4ccc(Oc5ccc(C)cc5)cc4)CCC4(C)C(CCC5C4CCC4(C)C(C(C)CCCC(C)C)CCC54)C3)cc2)cc1. The van der Waals surface area contributed by atoms with Crippen LogP contribution in [0.4, 0.5) is 0 Å². The predicted octanol–water partition coefficient (Wildman–Crippen LogP) is 36.0. The molecular weight excluding hydrogens is 1710 g/mol. The van der Waals surface area contributed by atoms with Crippen molar-refractivity contribution in [3.63, 3.8) is 0 Å². The number of esters is 3. The lowest BCUT2D eigenvalue weighted by Crippen LogP contribution is -2.59. The molecule has 0 N–H and O–H groups in total. The Balaban J connectivity index is 0.000000147. The summed E-state index contributed by atoms with van der Waals surface area (Å²) in [6, 6.07) is 56.5. The number of fused-ring (bicyclic) bond motifs is 15. The van der Waals surface area contributed by atoms with Gasteiger partial charge in [-0.15, -0.1) is 0 Å². The van der Waals surface area contributed by atoms with Crippen molar-refractivity contribution in [3.8, 4) is 23.0 Å². The molecule has 8 heteroatoms. The van der Waals surface area contributed by atoms with Crippen LogP contribution in [0.15, 0.2) is 175 Å². The van der Waals surface area contributed by atoms with Gasteiger partial charge in [0, 0.05) is 17.8 Å². The van der Waals surface area contributed by atoms with E-state index in [2.05, 4.69) is 227 Å². The average molecular weight is 1900 g/mol. The Morgan fingerprint density at radius 1 is 0.321 bits per heavy atom. The van der Waals surface area contributed by atoms with E-state index in [0.29, 0.717) is 61.5 Å². The smallest absolute Gasteiger partial charge is 0.338 e. The molecule has 0 saturated heterocycles. The number of aryl methyl sites for hydroxylation is 6. The monoisotopic (exact) mass is 1900 g/mol. The molecule has 7 aromatic carbocycles. The molecule has 12 aliphatic rings. The topological polar surface area (TPSA) is 97.4 Å². The van der Waals surface area contributed by atoms with E-state index >= 15 is 0 Å². The van der Waals surface area contributed by atoms with E-state index in [0.717, 1.165) is 178 Å². The fourth-order valence-corrected chi connectivity index (χ4v) is 34.5. The summed E-state index contributed by atoms with van der Waals surface area (Å²) in [6.45, 7) is 50.2. The fraction of sp³-hybridized carbons (Fsp3) is 0.644. The normalized spacial score (nSPS) is 33.8. The maximum absolute atomic E-state index is 13.7. The van der Waals surface area contributed by atoms with Crippen molar-refractivity contribution in [1.82, 2.24) is 0 Å². The molecule has 11 saturated carbocycles. The number of carbonyl (C=O) groups excluding carboxylic acids is 3. The molecule has 26 unspecified atom stereocenters. The van der Waals surface area contributed by atoms with Crippen LogP contribution in [0.2, 0.25) is 0 Å². The third-order valence-corrected chi connectivity index (χ3v) is 42.2. The van der Waals surface area contributed by atoms with Crippen molar-refractivity contribution < 1.29 is 38.1 Å². The summed E-state index contributed by atoms with van der Waals surface area (Å²) in [6.07, 6.45) is 46.1. The largest absolute Gasteiger partial charge is 0.459 e. The number of rotatable bonds is 27. The van der Waals surface area contributed by atoms with Gasteiger partial charge >= 0.3 is 17.9 Å². The lowest BCUT2D eigenvalue weighted by atomic mass is 9.42. The zero-order valence-corrected chi connectivity index (χ0v) is 90.8. The van der Waals surface area contributed by atoms with Crippen LogP contribution < -0.4 is 9.47 Å². The van der Waals surface area contributed by atoms with Crippen molar-refractivity contribution in [2.75, 3.05) is 0 Å². The van der Waals surface area contributed by atoms with E-state index in [9.17, 15) is 14.4 Å². The number of hydrogen-bond acceptors (Lipinski definition) is 8. The van der Waals surface area contributed by atoms with Crippen LogP contribution in [0.3, 0.4) is 0 Å². The highest BCUT2D eigenvalue weighted by Gasteiger charge is 2.66. The Hall–Kier alpha value is -7.71. The first-order valence-electron chi connectivity index (χ1n) is 57.1. The number of carbonyl (C=O) groups is 3. The van der Waals surface area contributed by atoms with Crippen LogP contribution >= 0.6 is 0 Å². The first-order chi connectivity index (χ1) is 66.9. The van der Waals surface area contributed by atoms with Gasteiger partial charge < -0.3 is 23.7 Å². The third-order valence-electron chi connectivity index (χ3n) is 42.2. The molecule has 0 spiro atoms. The molecule has 0 radical (unpaired) electrons. The van der Waals surface area contributed by atoms with Gasteiger partial charge in [0.05, 0.1) is 16.7 Å². The van der Waals surface area contributed by atoms with E-state index < -0.39 is 0 Å². The minimum absolute atomic E-state index is 0.0237. The van der Waals surface area contributed by atoms with Gasteiger partial charge in [-0.2, -0.15) is 0 Å². The van der Waals surface area contributed by atoms with E-state index in [-0.39, 0.29) is 53.0 Å². The molecule has 8 nitrogen and oxygen atoms in total. The first-order valence-corrected chi connectivity index (χ1v) is 57.1. The molecular formula is C132H182O8. The third kappa shape index (κ3) is 21.6. The Morgan fingerprint density at radius 3 is 1.17 bits per heavy atom. The van der Waals surface area contributed by atoms with Gasteiger partial charge in [0.25, 0.3) is 0 Å². The van der Waals surface area contributed by atoms with Crippen LogP contribution in [0.25, 0.3) is 0 Å². The summed E-state index contributed by atoms with van der Waals surface area (Å²) in [4.78, 5) is 39.9. The van der Waals surface area contributed by atoms with Crippen LogP contribution in [0, 0.1) is 192 Å². The molecule has 0 aliphatic heterocycles. The number of hydrogen-bond donors (Lipinski definition) is 0. The second kappa shape index (κ2) is 43.1. The molecule has 758 valence electrons. The van der Waals surface area contributed by atoms with Crippen LogP contribution in [-0.4, -0.2) is 36.2 Å². The van der Waals surface area contributed by atoms with Crippen molar-refractivity contribution >= 4 is 17.9 Å². The molecule has 11 fully saturated rings. The maximum Gasteiger partial charge on any atom is 0.338 e. The first kappa shape index (κ1) is 104. The minimum Gasteiger partial charge on any atom is -0.459 e. The number of benzene rings is 7. The van der Waals surface area contributed by atoms with Crippen molar-refractivity contribution in [1.29, 1.82) is 0 Å². The summed E-state index contributed by atoms with van der Waals surface area (Å²) in [5, 5.41) is 0. The lowest BCUT2D eigenvalue weighted by Gasteiger charge is -2.63. The van der Waals surface area contributed by atoms with Crippen molar-refractivity contribution in [2.45, 2.75) is 387 Å². The minimum atomic E-state index is -0.242. The summed E-state index contributed by atoms with van der Waals surface area (Å²) >= 11 is 0. The Labute approximate surface area is 848 Å². The van der Waals surface area contributed by atoms with Gasteiger partial charge in [-0.05, 0) is 437 Å². The second-order valence-corrected chi connectivity index (χ2v) is 52.0. The van der Waals surface area contributed by atoms with Crippen molar-refractivity contribution in [2.24, 2.45) is 151 Å². The zero-order chi connectivity index (χ0) is 99.1. The van der Waals surface area contributed by atoms with Gasteiger partial charge in [-0.3, -0.25) is 0 Å². The van der Waals surface area contributed by atoms with Crippen LogP contribution in [0.1, 0.15) is 398 Å². The van der Waals surface area contributed by atoms with E-state index in [1.165, 1.54) is 202 Å². The zero-order valence-electron chi connectivity index (χ0n) is 90.8. The van der Waals surface area contributed by atoms with Crippen LogP contribution in [-0.2, 0) is 19.6 Å². The van der Waals surface area contributed by atoms with Gasteiger partial charge in [-0.25, -0.2) is 14.4 Å². The highest BCUT2D eigenvalue weighted by molar-refractivity contribution is 5.91. The van der Waals surface area contributed by atoms with Crippen molar-refractivity contribution in [3.05, 3.63) is 237 Å². The molecule has 12 aliphatic carbocycles. The molecule has 0 heterocycles. The summed E-state index contributed by atoms with van der Waals surface area (Å²) < 4.78 is 31.6. The molecule has 7 aromatic rings. The quantitative estimate of drug-likeness (QED) is 0.0285. The number of allylic oxidation sites excluding steroid dienone is 1. The Morgan fingerprint density at radius 2 is 0.707 bits per heavy atom.